The number of nitrogens with one attached hydrogen (secondary N) is 1. The first-order valence-electron chi connectivity index (χ1n) is 9.01. The summed E-state index contributed by atoms with van der Waals surface area (Å²) in [5.41, 5.74) is 2.77. The molecule has 0 aliphatic carbocycles. The zero-order chi connectivity index (χ0) is 18.5. The minimum Gasteiger partial charge on any atom is -0.339 e. The Bertz CT molecular complexity index is 764. The molecule has 0 saturated carbocycles. The van der Waals surface area contributed by atoms with Gasteiger partial charge in [0.05, 0.1) is 0 Å². The van der Waals surface area contributed by atoms with Gasteiger partial charge in [-0.2, -0.15) is 0 Å². The molecular weight excluding hydrogens is 392 g/mol. The lowest BCUT2D eigenvalue weighted by atomic mass is 9.95. The highest BCUT2D eigenvalue weighted by molar-refractivity contribution is 9.10. The summed E-state index contributed by atoms with van der Waals surface area (Å²) < 4.78 is 0.955. The molecule has 0 aromatic heterocycles. The summed E-state index contributed by atoms with van der Waals surface area (Å²) in [5, 5.41) is 3.00. The van der Waals surface area contributed by atoms with E-state index in [4.69, 9.17) is 0 Å². The van der Waals surface area contributed by atoms with E-state index in [2.05, 4.69) is 28.2 Å². The number of amides is 2. The van der Waals surface area contributed by atoms with Gasteiger partial charge in [-0.3, -0.25) is 9.59 Å². The minimum atomic E-state index is -0.0465. The number of nitrogens with zero attached hydrogens (tertiary/aromatic N) is 1. The van der Waals surface area contributed by atoms with Gasteiger partial charge >= 0.3 is 0 Å². The molecular formula is C21H23BrN2O2. The molecule has 0 spiro atoms. The number of likely N-dealkylation sites (tertiary alicyclic amines) is 1. The van der Waals surface area contributed by atoms with Crippen LogP contribution in [-0.2, 0) is 11.2 Å². The van der Waals surface area contributed by atoms with Gasteiger partial charge in [0.15, 0.2) is 0 Å². The van der Waals surface area contributed by atoms with E-state index in [9.17, 15) is 9.59 Å². The van der Waals surface area contributed by atoms with E-state index in [1.165, 1.54) is 5.56 Å². The van der Waals surface area contributed by atoms with Crippen molar-refractivity contribution in [2.24, 2.45) is 5.92 Å². The molecule has 1 saturated heterocycles. The molecule has 1 heterocycles. The molecule has 0 bridgehead atoms. The number of carbonyl (C=O) groups excluding carboxylic acids is 2. The molecule has 0 unspecified atom stereocenters. The molecule has 2 amide bonds. The van der Waals surface area contributed by atoms with Crippen LogP contribution in [0.2, 0.25) is 0 Å². The maximum Gasteiger partial charge on any atom is 0.253 e. The van der Waals surface area contributed by atoms with E-state index in [1.54, 1.807) is 0 Å². The van der Waals surface area contributed by atoms with Gasteiger partial charge in [-0.15, -0.1) is 0 Å². The lowest BCUT2D eigenvalue weighted by Gasteiger charge is -2.31. The predicted molar refractivity (Wildman–Crippen MR) is 107 cm³/mol. The molecule has 1 aliphatic rings. The normalized spacial score (nSPS) is 14.9. The predicted octanol–water partition coefficient (Wildman–Crippen LogP) is 4.50. The van der Waals surface area contributed by atoms with Crippen LogP contribution in [0.4, 0.5) is 5.69 Å². The van der Waals surface area contributed by atoms with Gasteiger partial charge in [0, 0.05) is 34.7 Å². The summed E-state index contributed by atoms with van der Waals surface area (Å²) in [6.45, 7) is 3.33. The Morgan fingerprint density at radius 3 is 2.23 bits per heavy atom. The Morgan fingerprint density at radius 2 is 1.65 bits per heavy atom. The van der Waals surface area contributed by atoms with E-state index < -0.39 is 0 Å². The molecule has 1 N–H and O–H groups in total. The molecule has 2 aromatic carbocycles. The van der Waals surface area contributed by atoms with Gasteiger partial charge < -0.3 is 10.2 Å². The van der Waals surface area contributed by atoms with Crippen molar-refractivity contribution in [3.8, 4) is 0 Å². The topological polar surface area (TPSA) is 49.4 Å². The zero-order valence-electron chi connectivity index (χ0n) is 14.9. The van der Waals surface area contributed by atoms with Gasteiger partial charge in [0.1, 0.15) is 0 Å². The van der Waals surface area contributed by atoms with Gasteiger partial charge in [-0.25, -0.2) is 0 Å². The van der Waals surface area contributed by atoms with Crippen molar-refractivity contribution < 1.29 is 9.59 Å². The van der Waals surface area contributed by atoms with Crippen molar-refractivity contribution in [1.82, 2.24) is 4.90 Å². The van der Waals surface area contributed by atoms with Crippen LogP contribution in [0.15, 0.2) is 53.0 Å². The van der Waals surface area contributed by atoms with Crippen molar-refractivity contribution in [1.29, 1.82) is 0 Å². The Morgan fingerprint density at radius 1 is 1.04 bits per heavy atom. The largest absolute Gasteiger partial charge is 0.339 e. The third-order valence-electron chi connectivity index (χ3n) is 4.87. The molecule has 5 heteroatoms. The standard InChI is InChI=1S/C21H23BrN2O2/c1-2-15-3-9-19(10-4-15)23-20(25)16-11-13-24(14-12-16)21(26)17-5-7-18(22)8-6-17/h3-10,16H,2,11-14H2,1H3,(H,23,25). The number of rotatable bonds is 4. The Hall–Kier alpha value is -2.14. The van der Waals surface area contributed by atoms with Gasteiger partial charge in [-0.1, -0.05) is 35.0 Å². The molecule has 0 radical (unpaired) electrons. The molecule has 1 aliphatic heterocycles. The van der Waals surface area contributed by atoms with Gasteiger partial charge in [-0.05, 0) is 61.2 Å². The van der Waals surface area contributed by atoms with Crippen LogP contribution in [0.1, 0.15) is 35.7 Å². The molecule has 26 heavy (non-hydrogen) atoms. The number of halogens is 1. The summed E-state index contributed by atoms with van der Waals surface area (Å²) in [7, 11) is 0. The molecule has 3 rings (SSSR count). The number of piperidine rings is 1. The van der Waals surface area contributed by atoms with Crippen molar-refractivity contribution in [3.05, 3.63) is 64.1 Å². The average Bonchev–Trinajstić information content (AvgIpc) is 2.69. The highest BCUT2D eigenvalue weighted by Crippen LogP contribution is 2.22. The third-order valence-corrected chi connectivity index (χ3v) is 5.40. The summed E-state index contributed by atoms with van der Waals surface area (Å²) in [6.07, 6.45) is 2.38. The van der Waals surface area contributed by atoms with E-state index >= 15 is 0 Å². The fourth-order valence-corrected chi connectivity index (χ4v) is 3.45. The second-order valence-corrected chi connectivity index (χ2v) is 7.53. The summed E-state index contributed by atoms with van der Waals surface area (Å²) in [4.78, 5) is 26.9. The lowest BCUT2D eigenvalue weighted by molar-refractivity contribution is -0.121. The van der Waals surface area contributed by atoms with Crippen LogP contribution in [0, 0.1) is 5.92 Å². The van der Waals surface area contributed by atoms with Crippen LogP contribution in [0.25, 0.3) is 0 Å². The molecule has 0 atom stereocenters. The molecule has 136 valence electrons. The number of benzene rings is 2. The summed E-state index contributed by atoms with van der Waals surface area (Å²) in [5.74, 6) is 0.0336. The first-order chi connectivity index (χ1) is 12.6. The number of hydrogen-bond donors (Lipinski definition) is 1. The van der Waals surface area contributed by atoms with E-state index in [0.717, 1.165) is 16.6 Å². The van der Waals surface area contributed by atoms with Crippen LogP contribution in [-0.4, -0.2) is 29.8 Å². The second kappa shape index (κ2) is 8.49. The van der Waals surface area contributed by atoms with Crippen LogP contribution in [0.3, 0.4) is 0 Å². The Balaban J connectivity index is 1.53. The van der Waals surface area contributed by atoms with Crippen molar-refractivity contribution in [2.75, 3.05) is 18.4 Å². The second-order valence-electron chi connectivity index (χ2n) is 6.61. The lowest BCUT2D eigenvalue weighted by Crippen LogP contribution is -2.41. The fourth-order valence-electron chi connectivity index (χ4n) is 3.19. The highest BCUT2D eigenvalue weighted by atomic mass is 79.9. The van der Waals surface area contributed by atoms with E-state index in [1.807, 2.05) is 53.4 Å². The number of anilines is 1. The fraction of sp³-hybridized carbons (Fsp3) is 0.333. The first-order valence-corrected chi connectivity index (χ1v) is 9.80. The van der Waals surface area contributed by atoms with E-state index in [0.29, 0.717) is 31.5 Å². The SMILES string of the molecule is CCc1ccc(NC(=O)C2CCN(C(=O)c3ccc(Br)cc3)CC2)cc1. The Labute approximate surface area is 162 Å². The monoisotopic (exact) mass is 414 g/mol. The van der Waals surface area contributed by atoms with Gasteiger partial charge in [0.2, 0.25) is 5.91 Å². The summed E-state index contributed by atoms with van der Waals surface area (Å²) >= 11 is 3.38. The van der Waals surface area contributed by atoms with Crippen molar-refractivity contribution in [2.45, 2.75) is 26.2 Å². The zero-order valence-corrected chi connectivity index (χ0v) is 16.5. The van der Waals surface area contributed by atoms with Crippen LogP contribution < -0.4 is 5.32 Å². The highest BCUT2D eigenvalue weighted by Gasteiger charge is 2.27. The number of carbonyl (C=O) groups is 2. The smallest absolute Gasteiger partial charge is 0.253 e. The third kappa shape index (κ3) is 4.52. The van der Waals surface area contributed by atoms with Gasteiger partial charge in [0.25, 0.3) is 5.91 Å². The molecule has 2 aromatic rings. The average molecular weight is 415 g/mol. The first kappa shape index (κ1) is 18.6. The Kier molecular flexibility index (Phi) is 6.09. The number of aryl methyl sites for hydroxylation is 1. The minimum absolute atomic E-state index is 0.0338. The maximum atomic E-state index is 12.5. The van der Waals surface area contributed by atoms with Crippen molar-refractivity contribution in [3.63, 3.8) is 0 Å². The molecule has 1 fully saturated rings. The number of hydrogen-bond acceptors (Lipinski definition) is 2. The van der Waals surface area contributed by atoms with Crippen LogP contribution in [0.5, 0.6) is 0 Å². The van der Waals surface area contributed by atoms with Crippen molar-refractivity contribution >= 4 is 33.4 Å². The maximum absolute atomic E-state index is 12.5. The molecule has 4 nitrogen and oxygen atoms in total. The van der Waals surface area contributed by atoms with E-state index in [-0.39, 0.29) is 17.7 Å². The van der Waals surface area contributed by atoms with Crippen LogP contribution >= 0.6 is 15.9 Å². The quantitative estimate of drug-likeness (QED) is 0.800. The summed E-state index contributed by atoms with van der Waals surface area (Å²) in [6, 6.07) is 15.4.